The van der Waals surface area contributed by atoms with E-state index in [1.165, 1.54) is 19.1 Å². The molecule has 19 heavy (non-hydrogen) atoms. The summed E-state index contributed by atoms with van der Waals surface area (Å²) in [6.07, 6.45) is 0.0993. The average Bonchev–Trinajstić information content (AvgIpc) is 2.30. The molecule has 0 amide bonds. The minimum absolute atomic E-state index is 0.190. The zero-order valence-corrected chi connectivity index (χ0v) is 11.8. The summed E-state index contributed by atoms with van der Waals surface area (Å²) in [5, 5.41) is 3.14. The van der Waals surface area contributed by atoms with E-state index in [1.54, 1.807) is 6.07 Å². The number of rotatable bonds is 6. The summed E-state index contributed by atoms with van der Waals surface area (Å²) < 4.78 is 38.4. The largest absolute Gasteiger partial charge is 0.416 e. The van der Waals surface area contributed by atoms with Gasteiger partial charge in [-0.05, 0) is 38.0 Å². The van der Waals surface area contributed by atoms with Gasteiger partial charge in [-0.1, -0.05) is 32.3 Å². The molecule has 0 fully saturated rings. The van der Waals surface area contributed by atoms with Crippen molar-refractivity contribution < 1.29 is 13.2 Å². The summed E-state index contributed by atoms with van der Waals surface area (Å²) in [5.74, 6) is 0. The Hall–Kier alpha value is -1.19. The molecule has 4 heteroatoms. The van der Waals surface area contributed by atoms with Gasteiger partial charge in [-0.2, -0.15) is 13.2 Å². The molecule has 1 aromatic carbocycles. The van der Waals surface area contributed by atoms with Crippen LogP contribution in [0.25, 0.3) is 0 Å². The first-order valence-electron chi connectivity index (χ1n) is 6.79. The second-order valence-electron chi connectivity index (χ2n) is 5.07. The van der Waals surface area contributed by atoms with Crippen molar-refractivity contribution >= 4 is 5.69 Å². The summed E-state index contributed by atoms with van der Waals surface area (Å²) in [6.45, 7) is 5.62. The van der Waals surface area contributed by atoms with E-state index in [0.717, 1.165) is 25.7 Å². The Balaban J connectivity index is 2.69. The van der Waals surface area contributed by atoms with Crippen molar-refractivity contribution in [2.24, 2.45) is 0 Å². The third-order valence-corrected chi connectivity index (χ3v) is 3.20. The average molecular weight is 273 g/mol. The van der Waals surface area contributed by atoms with Crippen LogP contribution in [0.3, 0.4) is 0 Å². The highest BCUT2D eigenvalue weighted by atomic mass is 19.4. The summed E-state index contributed by atoms with van der Waals surface area (Å²) in [5.41, 5.74) is 0.247. The molecule has 0 aromatic heterocycles. The van der Waals surface area contributed by atoms with Crippen LogP contribution in [0.15, 0.2) is 18.2 Å². The predicted molar refractivity (Wildman–Crippen MR) is 73.4 cm³/mol. The van der Waals surface area contributed by atoms with Gasteiger partial charge in [0.05, 0.1) is 5.56 Å². The van der Waals surface area contributed by atoms with Crippen LogP contribution < -0.4 is 5.32 Å². The molecule has 1 nitrogen and oxygen atoms in total. The third-order valence-electron chi connectivity index (χ3n) is 3.20. The Morgan fingerprint density at radius 2 is 1.89 bits per heavy atom. The van der Waals surface area contributed by atoms with Crippen molar-refractivity contribution in [2.75, 3.05) is 5.32 Å². The second kappa shape index (κ2) is 6.83. The molecule has 0 spiro atoms. The molecule has 0 saturated heterocycles. The number of halogens is 3. The van der Waals surface area contributed by atoms with Crippen molar-refractivity contribution in [1.29, 1.82) is 0 Å². The molecule has 1 atom stereocenters. The van der Waals surface area contributed by atoms with Crippen molar-refractivity contribution in [2.45, 2.75) is 58.7 Å². The van der Waals surface area contributed by atoms with E-state index in [1.807, 2.05) is 6.92 Å². The molecule has 1 N–H and O–H groups in total. The minimum atomic E-state index is -4.28. The SMILES string of the molecule is CCCCCC(C)Nc1ccc(C)c(C(F)(F)F)c1. The van der Waals surface area contributed by atoms with Gasteiger partial charge in [0.2, 0.25) is 0 Å². The van der Waals surface area contributed by atoms with Gasteiger partial charge in [0, 0.05) is 11.7 Å². The highest BCUT2D eigenvalue weighted by Crippen LogP contribution is 2.33. The third kappa shape index (κ3) is 5.13. The molecule has 0 radical (unpaired) electrons. The number of nitrogens with one attached hydrogen (secondary N) is 1. The monoisotopic (exact) mass is 273 g/mol. The number of hydrogen-bond acceptors (Lipinski definition) is 1. The molecule has 1 unspecified atom stereocenters. The number of unbranched alkanes of at least 4 members (excludes halogenated alkanes) is 2. The van der Waals surface area contributed by atoms with Gasteiger partial charge in [0.25, 0.3) is 0 Å². The summed E-state index contributed by atoms with van der Waals surface area (Å²) in [4.78, 5) is 0. The van der Waals surface area contributed by atoms with Gasteiger partial charge < -0.3 is 5.32 Å². The minimum Gasteiger partial charge on any atom is -0.383 e. The molecule has 0 aliphatic carbocycles. The van der Waals surface area contributed by atoms with Gasteiger partial charge in [-0.3, -0.25) is 0 Å². The number of anilines is 1. The summed E-state index contributed by atoms with van der Waals surface area (Å²) in [7, 11) is 0. The van der Waals surface area contributed by atoms with E-state index in [0.29, 0.717) is 5.69 Å². The Morgan fingerprint density at radius 1 is 1.21 bits per heavy atom. The van der Waals surface area contributed by atoms with Crippen molar-refractivity contribution in [3.63, 3.8) is 0 Å². The van der Waals surface area contributed by atoms with Gasteiger partial charge in [-0.25, -0.2) is 0 Å². The van der Waals surface area contributed by atoms with Crippen LogP contribution in [0.4, 0.5) is 18.9 Å². The van der Waals surface area contributed by atoms with Crippen LogP contribution in [0, 0.1) is 6.92 Å². The quantitative estimate of drug-likeness (QED) is 0.685. The van der Waals surface area contributed by atoms with E-state index in [-0.39, 0.29) is 11.6 Å². The molecule has 0 bridgehead atoms. The smallest absolute Gasteiger partial charge is 0.383 e. The first-order valence-corrected chi connectivity index (χ1v) is 6.79. The fourth-order valence-electron chi connectivity index (χ4n) is 2.07. The molecule has 0 aliphatic heterocycles. The molecule has 1 rings (SSSR count). The standard InChI is InChI=1S/C15H22F3N/c1-4-5-6-7-12(3)19-13-9-8-11(2)14(10-13)15(16,17)18/h8-10,12,19H,4-7H2,1-3H3. The second-order valence-corrected chi connectivity index (χ2v) is 5.07. The number of alkyl halides is 3. The molecule has 0 heterocycles. The zero-order chi connectivity index (χ0) is 14.5. The van der Waals surface area contributed by atoms with Gasteiger partial charge in [0.1, 0.15) is 0 Å². The molecule has 108 valence electrons. The number of benzene rings is 1. The summed E-state index contributed by atoms with van der Waals surface area (Å²) in [6, 6.07) is 4.62. The topological polar surface area (TPSA) is 12.0 Å². The highest BCUT2D eigenvalue weighted by Gasteiger charge is 2.32. The van der Waals surface area contributed by atoms with Crippen LogP contribution in [0.2, 0.25) is 0 Å². The first kappa shape index (κ1) is 15.9. The highest BCUT2D eigenvalue weighted by molar-refractivity contribution is 5.49. The van der Waals surface area contributed by atoms with Crippen LogP contribution in [0.5, 0.6) is 0 Å². The van der Waals surface area contributed by atoms with Crippen LogP contribution in [-0.2, 0) is 6.18 Å². The zero-order valence-electron chi connectivity index (χ0n) is 11.8. The first-order chi connectivity index (χ1) is 8.84. The lowest BCUT2D eigenvalue weighted by molar-refractivity contribution is -0.138. The molecular formula is C15H22F3N. The van der Waals surface area contributed by atoms with Crippen LogP contribution in [-0.4, -0.2) is 6.04 Å². The molecular weight excluding hydrogens is 251 g/mol. The maximum atomic E-state index is 12.8. The summed E-state index contributed by atoms with van der Waals surface area (Å²) >= 11 is 0. The molecule has 0 saturated carbocycles. The fraction of sp³-hybridized carbons (Fsp3) is 0.600. The predicted octanol–water partition coefficient (Wildman–Crippen LogP) is 5.39. The number of aryl methyl sites for hydroxylation is 1. The maximum Gasteiger partial charge on any atom is 0.416 e. The normalized spacial score (nSPS) is 13.4. The molecule has 1 aromatic rings. The van der Waals surface area contributed by atoms with Gasteiger partial charge >= 0.3 is 6.18 Å². The van der Waals surface area contributed by atoms with Crippen LogP contribution >= 0.6 is 0 Å². The van der Waals surface area contributed by atoms with E-state index in [9.17, 15) is 13.2 Å². The Labute approximate surface area is 113 Å². The number of hydrogen-bond donors (Lipinski definition) is 1. The van der Waals surface area contributed by atoms with Crippen molar-refractivity contribution in [3.8, 4) is 0 Å². The van der Waals surface area contributed by atoms with Crippen molar-refractivity contribution in [3.05, 3.63) is 29.3 Å². The maximum absolute atomic E-state index is 12.8. The molecule has 0 aliphatic rings. The van der Waals surface area contributed by atoms with E-state index in [2.05, 4.69) is 12.2 Å². The van der Waals surface area contributed by atoms with Crippen LogP contribution in [0.1, 0.15) is 50.7 Å². The van der Waals surface area contributed by atoms with E-state index >= 15 is 0 Å². The lowest BCUT2D eigenvalue weighted by Crippen LogP contribution is -2.16. The van der Waals surface area contributed by atoms with Crippen molar-refractivity contribution in [1.82, 2.24) is 0 Å². The van der Waals surface area contributed by atoms with E-state index < -0.39 is 11.7 Å². The lowest BCUT2D eigenvalue weighted by Gasteiger charge is -2.17. The van der Waals surface area contributed by atoms with Gasteiger partial charge in [-0.15, -0.1) is 0 Å². The lowest BCUT2D eigenvalue weighted by atomic mass is 10.1. The Kier molecular flexibility index (Phi) is 5.70. The Bertz CT molecular complexity index is 399. The Morgan fingerprint density at radius 3 is 2.47 bits per heavy atom. The van der Waals surface area contributed by atoms with Gasteiger partial charge in [0.15, 0.2) is 0 Å². The fourth-order valence-corrected chi connectivity index (χ4v) is 2.07. The van der Waals surface area contributed by atoms with E-state index in [4.69, 9.17) is 0 Å².